The Morgan fingerprint density at radius 2 is 1.79 bits per heavy atom. The van der Waals surface area contributed by atoms with Crippen LogP contribution in [0.25, 0.3) is 11.2 Å². The van der Waals surface area contributed by atoms with Gasteiger partial charge in [-0.1, -0.05) is 29.1 Å². The smallest absolute Gasteiger partial charge is 0.406 e. The summed E-state index contributed by atoms with van der Waals surface area (Å²) in [6.45, 7) is 0.326. The van der Waals surface area contributed by atoms with E-state index in [1.807, 2.05) is 0 Å². The van der Waals surface area contributed by atoms with E-state index in [2.05, 4.69) is 30.3 Å². The van der Waals surface area contributed by atoms with Crippen molar-refractivity contribution in [2.24, 2.45) is 0 Å². The zero-order chi connectivity index (χ0) is 23.4. The number of fused-ring (bicyclic) bond motifs is 1. The van der Waals surface area contributed by atoms with E-state index >= 15 is 0 Å². The van der Waals surface area contributed by atoms with Crippen LogP contribution in [0.4, 0.5) is 23.2 Å². The van der Waals surface area contributed by atoms with Gasteiger partial charge in [0.2, 0.25) is 5.91 Å². The second kappa shape index (κ2) is 9.40. The molecule has 0 radical (unpaired) electrons. The number of aromatic nitrogens is 5. The molecule has 4 aromatic rings. The molecule has 0 atom stereocenters. The molecule has 13 heteroatoms. The number of hydrogen-bond acceptors (Lipinski definition) is 7. The highest BCUT2D eigenvalue weighted by atomic mass is 32.2. The van der Waals surface area contributed by atoms with Gasteiger partial charge in [0.25, 0.3) is 0 Å². The summed E-state index contributed by atoms with van der Waals surface area (Å²) in [6.07, 6.45) is -3.46. The lowest BCUT2D eigenvalue weighted by molar-refractivity contribution is -0.274. The van der Waals surface area contributed by atoms with Crippen molar-refractivity contribution >= 4 is 34.5 Å². The van der Waals surface area contributed by atoms with Crippen LogP contribution in [0.1, 0.15) is 5.56 Å². The first kappa shape index (κ1) is 22.5. The summed E-state index contributed by atoms with van der Waals surface area (Å²) in [4.78, 5) is 20.6. The molecule has 170 valence electrons. The zero-order valence-corrected chi connectivity index (χ0v) is 17.4. The molecule has 0 bridgehead atoms. The Hall–Kier alpha value is -3.74. The highest BCUT2D eigenvalue weighted by Gasteiger charge is 2.31. The highest BCUT2D eigenvalue weighted by molar-refractivity contribution is 8.00. The summed E-state index contributed by atoms with van der Waals surface area (Å²) in [5.74, 6) is -1.15. The molecule has 33 heavy (non-hydrogen) atoms. The molecule has 1 N–H and O–H groups in total. The average molecular weight is 478 g/mol. The fourth-order valence-corrected chi connectivity index (χ4v) is 3.55. The van der Waals surface area contributed by atoms with Crippen molar-refractivity contribution in [3.8, 4) is 5.75 Å². The predicted molar refractivity (Wildman–Crippen MR) is 111 cm³/mol. The first-order valence-electron chi connectivity index (χ1n) is 9.34. The summed E-state index contributed by atoms with van der Waals surface area (Å²) in [5.41, 5.74) is 1.98. The normalized spacial score (nSPS) is 11.5. The van der Waals surface area contributed by atoms with Crippen LogP contribution in [0.5, 0.6) is 5.75 Å². The maximum Gasteiger partial charge on any atom is 0.573 e. The maximum atomic E-state index is 13.1. The number of hydrogen-bond donors (Lipinski definition) is 1. The van der Waals surface area contributed by atoms with Gasteiger partial charge in [-0.25, -0.2) is 19.0 Å². The van der Waals surface area contributed by atoms with Crippen molar-refractivity contribution in [1.82, 2.24) is 25.0 Å². The SMILES string of the molecule is O=C(CSc1ncnc2c1nnn2Cc1ccc(F)cc1)Nc1ccc(OC(F)(F)F)cc1. The third-order valence-corrected chi connectivity index (χ3v) is 5.20. The lowest BCUT2D eigenvalue weighted by Gasteiger charge is -2.10. The molecular formula is C20H14F4N6O2S. The Balaban J connectivity index is 1.38. The number of halogens is 4. The summed E-state index contributed by atoms with van der Waals surface area (Å²) in [6, 6.07) is 10.8. The number of alkyl halides is 3. The molecule has 0 saturated carbocycles. The molecule has 2 aromatic heterocycles. The molecule has 8 nitrogen and oxygen atoms in total. The molecule has 0 unspecified atom stereocenters. The number of amides is 1. The molecule has 2 aromatic carbocycles. The summed E-state index contributed by atoms with van der Waals surface area (Å²) >= 11 is 1.11. The number of carbonyl (C=O) groups is 1. The van der Waals surface area contributed by atoms with Crippen LogP contribution in [0.3, 0.4) is 0 Å². The second-order valence-electron chi connectivity index (χ2n) is 6.63. The van der Waals surface area contributed by atoms with Gasteiger partial charge < -0.3 is 10.1 Å². The first-order valence-corrected chi connectivity index (χ1v) is 10.3. The molecule has 0 saturated heterocycles. The van der Waals surface area contributed by atoms with E-state index in [1.165, 1.54) is 30.6 Å². The molecule has 0 aliphatic carbocycles. The van der Waals surface area contributed by atoms with Gasteiger partial charge in [0.15, 0.2) is 11.2 Å². The van der Waals surface area contributed by atoms with Crippen LogP contribution in [-0.4, -0.2) is 43.0 Å². The van der Waals surface area contributed by atoms with Gasteiger partial charge in [-0.3, -0.25) is 4.79 Å². The molecule has 4 rings (SSSR count). The fraction of sp³-hybridized carbons (Fsp3) is 0.150. The fourth-order valence-electron chi connectivity index (χ4n) is 2.82. The van der Waals surface area contributed by atoms with E-state index in [1.54, 1.807) is 16.8 Å². The number of nitrogens with zero attached hydrogens (tertiary/aromatic N) is 5. The summed E-state index contributed by atoms with van der Waals surface area (Å²) in [7, 11) is 0. The van der Waals surface area contributed by atoms with Crippen LogP contribution >= 0.6 is 11.8 Å². The van der Waals surface area contributed by atoms with Crippen molar-refractivity contribution in [3.05, 3.63) is 66.2 Å². The molecule has 0 aliphatic heterocycles. The molecule has 0 fully saturated rings. The Morgan fingerprint density at radius 1 is 1.06 bits per heavy atom. The largest absolute Gasteiger partial charge is 0.573 e. The average Bonchev–Trinajstić information content (AvgIpc) is 3.18. The van der Waals surface area contributed by atoms with E-state index in [0.29, 0.717) is 28.4 Å². The van der Waals surface area contributed by atoms with Crippen molar-refractivity contribution < 1.29 is 27.1 Å². The van der Waals surface area contributed by atoms with Crippen LogP contribution in [0, 0.1) is 5.82 Å². The van der Waals surface area contributed by atoms with Crippen LogP contribution in [-0.2, 0) is 11.3 Å². The Labute approximate surface area is 188 Å². The van der Waals surface area contributed by atoms with Crippen LogP contribution in [0.15, 0.2) is 59.9 Å². The van der Waals surface area contributed by atoms with Crippen molar-refractivity contribution in [1.29, 1.82) is 0 Å². The summed E-state index contributed by atoms with van der Waals surface area (Å²) in [5, 5.41) is 11.2. The Morgan fingerprint density at radius 3 is 2.48 bits per heavy atom. The molecule has 2 heterocycles. The third kappa shape index (κ3) is 5.94. The highest BCUT2D eigenvalue weighted by Crippen LogP contribution is 2.25. The minimum atomic E-state index is -4.79. The van der Waals surface area contributed by atoms with Gasteiger partial charge in [-0.2, -0.15) is 0 Å². The van der Waals surface area contributed by atoms with Gasteiger partial charge in [-0.05, 0) is 42.0 Å². The zero-order valence-electron chi connectivity index (χ0n) is 16.6. The minimum Gasteiger partial charge on any atom is -0.406 e. The van der Waals surface area contributed by atoms with E-state index < -0.39 is 12.3 Å². The molecule has 0 spiro atoms. The van der Waals surface area contributed by atoms with Gasteiger partial charge in [-0.15, -0.1) is 18.3 Å². The van der Waals surface area contributed by atoms with Crippen LogP contribution in [0.2, 0.25) is 0 Å². The molecule has 1 amide bonds. The van der Waals surface area contributed by atoms with Gasteiger partial charge in [0.05, 0.1) is 12.3 Å². The quantitative estimate of drug-likeness (QED) is 0.243. The van der Waals surface area contributed by atoms with E-state index in [-0.39, 0.29) is 17.3 Å². The number of carbonyl (C=O) groups excluding carboxylic acids is 1. The third-order valence-electron chi connectivity index (χ3n) is 4.22. The number of benzene rings is 2. The Kier molecular flexibility index (Phi) is 6.40. The lowest BCUT2D eigenvalue weighted by Crippen LogP contribution is -2.17. The van der Waals surface area contributed by atoms with E-state index in [9.17, 15) is 22.4 Å². The standard InChI is InChI=1S/C20H14F4N6O2S/c21-13-3-1-12(2-4-13)9-30-18-17(28-29-30)19(26-11-25-18)33-10-16(31)27-14-5-7-15(8-6-14)32-20(22,23)24/h1-8,11H,9-10H2,(H,27,31). The summed E-state index contributed by atoms with van der Waals surface area (Å²) < 4.78 is 55.1. The van der Waals surface area contributed by atoms with Crippen molar-refractivity contribution in [3.63, 3.8) is 0 Å². The Bertz CT molecular complexity index is 1260. The minimum absolute atomic E-state index is 0.0300. The second-order valence-corrected chi connectivity index (χ2v) is 7.60. The topological polar surface area (TPSA) is 94.8 Å². The van der Waals surface area contributed by atoms with Crippen molar-refractivity contribution in [2.75, 3.05) is 11.1 Å². The molecule has 0 aliphatic rings. The number of ether oxygens (including phenoxy) is 1. The predicted octanol–water partition coefficient (Wildman–Crippen LogP) is 4.04. The first-order chi connectivity index (χ1) is 15.8. The molecular weight excluding hydrogens is 464 g/mol. The van der Waals surface area contributed by atoms with Gasteiger partial charge >= 0.3 is 6.36 Å². The van der Waals surface area contributed by atoms with E-state index in [0.717, 1.165) is 29.5 Å². The number of rotatable bonds is 7. The lowest BCUT2D eigenvalue weighted by atomic mass is 10.2. The van der Waals surface area contributed by atoms with Gasteiger partial charge in [0.1, 0.15) is 22.9 Å². The van der Waals surface area contributed by atoms with Gasteiger partial charge in [0, 0.05) is 5.69 Å². The number of nitrogens with one attached hydrogen (secondary N) is 1. The maximum absolute atomic E-state index is 13.1. The van der Waals surface area contributed by atoms with E-state index in [4.69, 9.17) is 0 Å². The monoisotopic (exact) mass is 478 g/mol. The number of thioether (sulfide) groups is 1. The number of anilines is 1. The van der Waals surface area contributed by atoms with Crippen molar-refractivity contribution in [2.45, 2.75) is 17.9 Å². The van der Waals surface area contributed by atoms with Crippen LogP contribution < -0.4 is 10.1 Å².